The molecule has 3 nitrogen and oxygen atoms in total. The second-order valence-electron chi connectivity index (χ2n) is 3.61. The molecule has 0 fully saturated rings. The van der Waals surface area contributed by atoms with Gasteiger partial charge < -0.3 is 5.73 Å². The van der Waals surface area contributed by atoms with Crippen LogP contribution in [0.4, 0.5) is 5.82 Å². The predicted molar refractivity (Wildman–Crippen MR) is 75.2 cm³/mol. The van der Waals surface area contributed by atoms with Crippen LogP contribution in [-0.4, -0.2) is 16.5 Å². The highest BCUT2D eigenvalue weighted by Gasteiger charge is 2.10. The van der Waals surface area contributed by atoms with Crippen molar-refractivity contribution in [2.24, 2.45) is 0 Å². The Bertz CT molecular complexity index is 574. The van der Waals surface area contributed by atoms with Crippen molar-refractivity contribution in [2.75, 3.05) is 11.5 Å². The number of nitrogens with zero attached hydrogens (tertiary/aromatic N) is 1. The summed E-state index contributed by atoms with van der Waals surface area (Å²) in [6, 6.07) is 10.8. The Balaban J connectivity index is 2.03. The minimum Gasteiger partial charge on any atom is -0.383 e. The number of Topliss-reactive ketones (excluding diaryl/α,β-unsaturated/α-hetero) is 1. The third-order valence-corrected chi connectivity index (χ3v) is 3.53. The second-order valence-corrected chi connectivity index (χ2v) is 5.09. The van der Waals surface area contributed by atoms with Gasteiger partial charge in [-0.2, -0.15) is 0 Å². The number of hydrogen-bond acceptors (Lipinski definition) is 4. The summed E-state index contributed by atoms with van der Waals surface area (Å²) in [6.45, 7) is 0. The summed E-state index contributed by atoms with van der Waals surface area (Å²) in [5, 5.41) is 0.661. The fraction of sp³-hybridized carbons (Fsp3) is 0.0769. The van der Waals surface area contributed by atoms with Gasteiger partial charge in [-0.25, -0.2) is 4.98 Å². The van der Waals surface area contributed by atoms with E-state index in [4.69, 9.17) is 17.3 Å². The molecule has 0 saturated carbocycles. The molecule has 0 bridgehead atoms. The number of thioether (sulfide) groups is 1. The molecule has 18 heavy (non-hydrogen) atoms. The number of rotatable bonds is 4. The first-order chi connectivity index (χ1) is 8.66. The lowest BCUT2D eigenvalue weighted by atomic mass is 10.2. The van der Waals surface area contributed by atoms with E-state index in [1.165, 1.54) is 11.8 Å². The zero-order valence-corrected chi connectivity index (χ0v) is 11.0. The lowest BCUT2D eigenvalue weighted by Crippen LogP contribution is -2.07. The summed E-state index contributed by atoms with van der Waals surface area (Å²) in [5.74, 6) is 0.552. The largest absolute Gasteiger partial charge is 0.383 e. The van der Waals surface area contributed by atoms with Gasteiger partial charge in [0.05, 0.1) is 11.3 Å². The molecule has 0 radical (unpaired) electrons. The number of hydrogen-bond donors (Lipinski definition) is 1. The van der Waals surface area contributed by atoms with Gasteiger partial charge in [0.15, 0.2) is 5.78 Å². The van der Waals surface area contributed by atoms with Gasteiger partial charge in [-0.3, -0.25) is 4.79 Å². The molecule has 2 aromatic rings. The van der Waals surface area contributed by atoms with E-state index in [9.17, 15) is 4.79 Å². The van der Waals surface area contributed by atoms with Crippen LogP contribution in [0.5, 0.6) is 0 Å². The molecule has 0 saturated heterocycles. The molecule has 5 heteroatoms. The van der Waals surface area contributed by atoms with Gasteiger partial charge in [0, 0.05) is 16.1 Å². The van der Waals surface area contributed by atoms with E-state index in [1.54, 1.807) is 24.4 Å². The molecule has 0 amide bonds. The van der Waals surface area contributed by atoms with Crippen LogP contribution in [0.2, 0.25) is 5.02 Å². The molecule has 0 atom stereocenters. The van der Waals surface area contributed by atoms with E-state index in [0.717, 1.165) is 4.90 Å². The summed E-state index contributed by atoms with van der Waals surface area (Å²) >= 11 is 7.30. The van der Waals surface area contributed by atoms with E-state index >= 15 is 0 Å². The molecule has 1 aromatic heterocycles. The number of anilines is 1. The summed E-state index contributed by atoms with van der Waals surface area (Å²) in [5.41, 5.74) is 6.12. The molecule has 2 rings (SSSR count). The second kappa shape index (κ2) is 5.89. The Morgan fingerprint density at radius 3 is 2.89 bits per heavy atom. The number of nitrogen functional groups attached to an aromatic ring is 1. The van der Waals surface area contributed by atoms with Crippen molar-refractivity contribution >= 4 is 35.0 Å². The van der Waals surface area contributed by atoms with E-state index in [1.807, 2.05) is 18.2 Å². The zero-order chi connectivity index (χ0) is 13.0. The molecule has 2 N–H and O–H groups in total. The molecule has 0 aliphatic heterocycles. The van der Waals surface area contributed by atoms with Crippen molar-refractivity contribution in [2.45, 2.75) is 4.90 Å². The Hall–Kier alpha value is -1.52. The minimum atomic E-state index is -0.0365. The fourth-order valence-electron chi connectivity index (χ4n) is 1.44. The van der Waals surface area contributed by atoms with Crippen molar-refractivity contribution in [3.8, 4) is 0 Å². The van der Waals surface area contributed by atoms with Gasteiger partial charge in [-0.1, -0.05) is 17.7 Å². The first kappa shape index (κ1) is 12.9. The van der Waals surface area contributed by atoms with Crippen molar-refractivity contribution < 1.29 is 4.79 Å². The predicted octanol–water partition coefficient (Wildman–Crippen LogP) is 3.29. The van der Waals surface area contributed by atoms with Crippen LogP contribution in [0.3, 0.4) is 0 Å². The molecule has 0 aliphatic carbocycles. The van der Waals surface area contributed by atoms with E-state index in [2.05, 4.69) is 4.98 Å². The maximum atomic E-state index is 11.9. The highest BCUT2D eigenvalue weighted by Crippen LogP contribution is 2.23. The summed E-state index contributed by atoms with van der Waals surface area (Å²) in [7, 11) is 0. The molecule has 0 aliphatic rings. The summed E-state index contributed by atoms with van der Waals surface area (Å²) in [4.78, 5) is 16.8. The molecular formula is C13H11ClN2OS. The number of nitrogens with two attached hydrogens (primary N) is 1. The highest BCUT2D eigenvalue weighted by atomic mass is 35.5. The third kappa shape index (κ3) is 3.24. The summed E-state index contributed by atoms with van der Waals surface area (Å²) < 4.78 is 0. The maximum Gasteiger partial charge on any atom is 0.176 e. The first-order valence-corrected chi connectivity index (χ1v) is 6.65. The molecule has 0 spiro atoms. The third-order valence-electron chi connectivity index (χ3n) is 2.30. The monoisotopic (exact) mass is 278 g/mol. The highest BCUT2D eigenvalue weighted by molar-refractivity contribution is 8.00. The fourth-order valence-corrected chi connectivity index (χ4v) is 2.53. The maximum absolute atomic E-state index is 11.9. The Labute approximate surface area is 114 Å². The average Bonchev–Trinajstić information content (AvgIpc) is 2.37. The van der Waals surface area contributed by atoms with E-state index in [-0.39, 0.29) is 11.6 Å². The van der Waals surface area contributed by atoms with E-state index in [0.29, 0.717) is 16.3 Å². The van der Waals surface area contributed by atoms with Gasteiger partial charge in [-0.05, 0) is 30.3 Å². The zero-order valence-electron chi connectivity index (χ0n) is 9.47. The number of aromatic nitrogens is 1. The van der Waals surface area contributed by atoms with Crippen LogP contribution in [-0.2, 0) is 0 Å². The SMILES string of the molecule is Nc1ncccc1C(=O)CSc1cccc(Cl)c1. The van der Waals surface area contributed by atoms with Crippen LogP contribution < -0.4 is 5.73 Å². The van der Waals surface area contributed by atoms with E-state index < -0.39 is 0 Å². The molecule has 0 unspecified atom stereocenters. The Morgan fingerprint density at radius 2 is 2.17 bits per heavy atom. The van der Waals surface area contributed by atoms with Gasteiger partial charge >= 0.3 is 0 Å². The van der Waals surface area contributed by atoms with Crippen molar-refractivity contribution in [3.63, 3.8) is 0 Å². The van der Waals surface area contributed by atoms with Gasteiger partial charge in [0.1, 0.15) is 5.82 Å². The van der Waals surface area contributed by atoms with Gasteiger partial charge in [-0.15, -0.1) is 11.8 Å². The minimum absolute atomic E-state index is 0.0365. The van der Waals surface area contributed by atoms with Crippen LogP contribution in [0.15, 0.2) is 47.5 Å². The normalized spacial score (nSPS) is 10.3. The van der Waals surface area contributed by atoms with Gasteiger partial charge in [0.2, 0.25) is 0 Å². The Kier molecular flexibility index (Phi) is 4.23. The Morgan fingerprint density at radius 1 is 1.33 bits per heavy atom. The van der Waals surface area contributed by atoms with Crippen molar-refractivity contribution in [1.82, 2.24) is 4.98 Å². The lowest BCUT2D eigenvalue weighted by molar-refractivity contribution is 0.102. The van der Waals surface area contributed by atoms with Crippen LogP contribution in [0.1, 0.15) is 10.4 Å². The number of ketones is 1. The number of carbonyl (C=O) groups excluding carboxylic acids is 1. The number of carbonyl (C=O) groups is 1. The number of halogens is 1. The first-order valence-electron chi connectivity index (χ1n) is 5.29. The number of benzene rings is 1. The average molecular weight is 279 g/mol. The van der Waals surface area contributed by atoms with Crippen LogP contribution in [0, 0.1) is 0 Å². The quantitative estimate of drug-likeness (QED) is 0.689. The lowest BCUT2D eigenvalue weighted by Gasteiger charge is -2.04. The smallest absolute Gasteiger partial charge is 0.176 e. The molecule has 1 aromatic carbocycles. The topological polar surface area (TPSA) is 56.0 Å². The van der Waals surface area contributed by atoms with Crippen molar-refractivity contribution in [1.29, 1.82) is 0 Å². The summed E-state index contributed by atoms with van der Waals surface area (Å²) in [6.07, 6.45) is 1.57. The molecule has 92 valence electrons. The van der Waals surface area contributed by atoms with Crippen LogP contribution >= 0.6 is 23.4 Å². The van der Waals surface area contributed by atoms with Gasteiger partial charge in [0.25, 0.3) is 0 Å². The number of pyridine rings is 1. The van der Waals surface area contributed by atoms with Crippen LogP contribution in [0.25, 0.3) is 0 Å². The van der Waals surface area contributed by atoms with Crippen molar-refractivity contribution in [3.05, 3.63) is 53.2 Å². The molecular weight excluding hydrogens is 268 g/mol. The molecule has 1 heterocycles. The standard InChI is InChI=1S/C13H11ClN2OS/c14-9-3-1-4-10(7-9)18-8-12(17)11-5-2-6-16-13(11)15/h1-7H,8H2,(H2,15,16).